The summed E-state index contributed by atoms with van der Waals surface area (Å²) in [6, 6.07) is 3.73. The predicted octanol–water partition coefficient (Wildman–Crippen LogP) is 4.54. The number of phenolic OH excluding ortho intramolecular Hbond substituents is 1. The van der Waals surface area contributed by atoms with Crippen molar-refractivity contribution in [3.63, 3.8) is 0 Å². The Kier molecular flexibility index (Phi) is 6.39. The first-order valence-electron chi connectivity index (χ1n) is 7.00. The van der Waals surface area contributed by atoms with Crippen molar-refractivity contribution in [2.75, 3.05) is 0 Å². The van der Waals surface area contributed by atoms with Crippen molar-refractivity contribution >= 4 is 29.2 Å². The summed E-state index contributed by atoms with van der Waals surface area (Å²) >= 11 is 12.1. The Morgan fingerprint density at radius 3 is 2.44 bits per heavy atom. The van der Waals surface area contributed by atoms with Crippen molar-refractivity contribution in [3.8, 4) is 11.5 Å². The number of pyridine rings is 1. The van der Waals surface area contributed by atoms with Crippen molar-refractivity contribution < 1.29 is 28.2 Å². The van der Waals surface area contributed by atoms with Crippen LogP contribution in [0, 0.1) is 0 Å². The maximum absolute atomic E-state index is 12.3. The van der Waals surface area contributed by atoms with E-state index in [4.69, 9.17) is 27.9 Å². The second-order valence-corrected chi connectivity index (χ2v) is 5.80. The monoisotopic (exact) mass is 391 g/mol. The first-order chi connectivity index (χ1) is 11.8. The summed E-state index contributed by atoms with van der Waals surface area (Å²) in [5.41, 5.74) is 0.857. The average molecular weight is 392 g/mol. The minimum Gasteiger partial charge on any atom is -0.504 e. The van der Waals surface area contributed by atoms with Gasteiger partial charge in [0.05, 0.1) is 10.0 Å². The number of carbonyl (C=O) groups is 1. The fourth-order valence-electron chi connectivity index (χ4n) is 2.18. The lowest BCUT2D eigenvalue weighted by Crippen LogP contribution is -2.12. The number of halogens is 4. The molecule has 0 spiro atoms. The Morgan fingerprint density at radius 2 is 1.92 bits per heavy atom. The molecule has 0 aliphatic carbocycles. The number of phenols is 1. The largest absolute Gasteiger partial charge is 0.504 e. The van der Waals surface area contributed by atoms with Crippen LogP contribution in [0.3, 0.4) is 0 Å². The van der Waals surface area contributed by atoms with Gasteiger partial charge >= 0.3 is 12.6 Å². The molecule has 5 nitrogen and oxygen atoms in total. The van der Waals surface area contributed by atoms with Crippen LogP contribution in [0.1, 0.15) is 24.2 Å². The molecule has 0 aliphatic heterocycles. The van der Waals surface area contributed by atoms with Gasteiger partial charge in [0.25, 0.3) is 0 Å². The minimum absolute atomic E-state index is 0.105. The number of aromatic nitrogens is 1. The first-order valence-corrected chi connectivity index (χ1v) is 7.76. The number of benzene rings is 1. The molecule has 1 heterocycles. The number of rotatable bonds is 6. The molecule has 2 aromatic rings. The molecule has 0 saturated heterocycles. The van der Waals surface area contributed by atoms with Crippen LogP contribution < -0.4 is 4.74 Å². The highest BCUT2D eigenvalue weighted by molar-refractivity contribution is 6.35. The summed E-state index contributed by atoms with van der Waals surface area (Å²) in [6.45, 7) is -1.85. The first kappa shape index (κ1) is 19.2. The molecule has 1 N–H and O–H groups in total. The Balaban J connectivity index is 2.34. The SMILES string of the molecule is CC(=O)OC(Cc1c(Cl)cncc1Cl)c1ccc(OC(F)F)c(O)c1. The van der Waals surface area contributed by atoms with Crippen molar-refractivity contribution in [1.82, 2.24) is 4.98 Å². The second-order valence-electron chi connectivity index (χ2n) is 4.99. The summed E-state index contributed by atoms with van der Waals surface area (Å²) in [6.07, 6.45) is 2.05. The van der Waals surface area contributed by atoms with E-state index < -0.39 is 24.4 Å². The predicted molar refractivity (Wildman–Crippen MR) is 87.2 cm³/mol. The fraction of sp³-hybridized carbons (Fsp3) is 0.250. The highest BCUT2D eigenvalue weighted by Crippen LogP contribution is 2.35. The van der Waals surface area contributed by atoms with E-state index >= 15 is 0 Å². The number of ether oxygens (including phenoxy) is 2. The zero-order valence-corrected chi connectivity index (χ0v) is 14.4. The molecular weight excluding hydrogens is 379 g/mol. The van der Waals surface area contributed by atoms with E-state index in [-0.39, 0.29) is 22.2 Å². The smallest absolute Gasteiger partial charge is 0.387 e. The summed E-state index contributed by atoms with van der Waals surface area (Å²) < 4.78 is 34.0. The third-order valence-corrected chi connectivity index (χ3v) is 3.87. The van der Waals surface area contributed by atoms with Gasteiger partial charge in [-0.05, 0) is 23.3 Å². The molecule has 0 fully saturated rings. The van der Waals surface area contributed by atoms with Crippen molar-refractivity contribution in [2.24, 2.45) is 0 Å². The molecule has 0 saturated carbocycles. The third kappa shape index (κ3) is 5.17. The quantitative estimate of drug-likeness (QED) is 0.731. The normalized spacial score (nSPS) is 12.1. The van der Waals surface area contributed by atoms with Gasteiger partial charge in [0.1, 0.15) is 6.10 Å². The topological polar surface area (TPSA) is 68.7 Å². The maximum atomic E-state index is 12.3. The van der Waals surface area contributed by atoms with E-state index in [1.54, 1.807) is 0 Å². The summed E-state index contributed by atoms with van der Waals surface area (Å²) in [5.74, 6) is -1.47. The van der Waals surface area contributed by atoms with Gasteiger partial charge in [-0.3, -0.25) is 9.78 Å². The Bertz CT molecular complexity index is 754. The van der Waals surface area contributed by atoms with Crippen LogP contribution in [0.4, 0.5) is 8.78 Å². The molecular formula is C16H13Cl2F2NO4. The molecule has 1 aromatic heterocycles. The molecule has 1 aromatic carbocycles. The number of alkyl halides is 2. The Labute approximate surface area is 152 Å². The highest BCUT2D eigenvalue weighted by Gasteiger charge is 2.21. The van der Waals surface area contributed by atoms with E-state index in [9.17, 15) is 18.7 Å². The fourth-order valence-corrected chi connectivity index (χ4v) is 2.70. The molecule has 0 radical (unpaired) electrons. The van der Waals surface area contributed by atoms with Crippen molar-refractivity contribution in [3.05, 3.63) is 51.8 Å². The van der Waals surface area contributed by atoms with Crippen LogP contribution in [-0.4, -0.2) is 22.7 Å². The summed E-state index contributed by atoms with van der Waals surface area (Å²) in [7, 11) is 0. The molecule has 1 atom stereocenters. The number of aromatic hydroxyl groups is 1. The molecule has 9 heteroatoms. The van der Waals surface area contributed by atoms with Crippen molar-refractivity contribution in [1.29, 1.82) is 0 Å². The zero-order valence-electron chi connectivity index (χ0n) is 12.9. The Morgan fingerprint density at radius 1 is 1.28 bits per heavy atom. The van der Waals surface area contributed by atoms with Crippen LogP contribution in [-0.2, 0) is 16.0 Å². The van der Waals surface area contributed by atoms with Crippen LogP contribution in [0.25, 0.3) is 0 Å². The van der Waals surface area contributed by atoms with Gasteiger partial charge in [-0.2, -0.15) is 8.78 Å². The molecule has 25 heavy (non-hydrogen) atoms. The molecule has 1 unspecified atom stereocenters. The van der Waals surface area contributed by atoms with Crippen LogP contribution in [0.5, 0.6) is 11.5 Å². The molecule has 0 amide bonds. The van der Waals surface area contributed by atoms with Gasteiger partial charge in [-0.1, -0.05) is 29.3 Å². The Hall–Kier alpha value is -2.12. The highest BCUT2D eigenvalue weighted by atomic mass is 35.5. The number of hydrogen-bond donors (Lipinski definition) is 1. The molecule has 0 bridgehead atoms. The number of hydrogen-bond acceptors (Lipinski definition) is 5. The van der Waals surface area contributed by atoms with E-state index in [0.29, 0.717) is 11.1 Å². The lowest BCUT2D eigenvalue weighted by Gasteiger charge is -2.19. The standard InChI is InChI=1S/C16H13Cl2F2NO4/c1-8(22)24-15(5-10-11(17)6-21-7-12(10)18)9-2-3-14(13(23)4-9)25-16(19)20/h2-4,6-7,15-16,23H,5H2,1H3. The van der Waals surface area contributed by atoms with Crippen LogP contribution >= 0.6 is 23.2 Å². The van der Waals surface area contributed by atoms with Gasteiger partial charge < -0.3 is 14.6 Å². The minimum atomic E-state index is -3.07. The summed E-state index contributed by atoms with van der Waals surface area (Å²) in [5, 5.41) is 10.4. The van der Waals surface area contributed by atoms with Crippen LogP contribution in [0.2, 0.25) is 10.0 Å². The van der Waals surface area contributed by atoms with Crippen LogP contribution in [0.15, 0.2) is 30.6 Å². The molecule has 134 valence electrons. The van der Waals surface area contributed by atoms with E-state index in [1.807, 2.05) is 0 Å². The van der Waals surface area contributed by atoms with Gasteiger partial charge in [-0.25, -0.2) is 0 Å². The van der Waals surface area contributed by atoms with Gasteiger partial charge in [-0.15, -0.1) is 0 Å². The summed E-state index contributed by atoms with van der Waals surface area (Å²) in [4.78, 5) is 15.2. The number of esters is 1. The average Bonchev–Trinajstić information content (AvgIpc) is 2.51. The zero-order chi connectivity index (χ0) is 18.6. The number of carbonyl (C=O) groups excluding carboxylic acids is 1. The van der Waals surface area contributed by atoms with Gasteiger partial charge in [0.15, 0.2) is 11.5 Å². The third-order valence-electron chi connectivity index (χ3n) is 3.22. The van der Waals surface area contributed by atoms with E-state index in [0.717, 1.165) is 6.07 Å². The van der Waals surface area contributed by atoms with Gasteiger partial charge in [0, 0.05) is 25.7 Å². The molecule has 2 rings (SSSR count). The van der Waals surface area contributed by atoms with E-state index in [1.165, 1.54) is 31.5 Å². The lowest BCUT2D eigenvalue weighted by molar-refractivity contribution is -0.146. The number of nitrogens with zero attached hydrogens (tertiary/aromatic N) is 1. The van der Waals surface area contributed by atoms with Gasteiger partial charge in [0.2, 0.25) is 0 Å². The second kappa shape index (κ2) is 8.31. The lowest BCUT2D eigenvalue weighted by atomic mass is 10.0. The van der Waals surface area contributed by atoms with Crippen molar-refractivity contribution in [2.45, 2.75) is 26.1 Å². The maximum Gasteiger partial charge on any atom is 0.387 e. The van der Waals surface area contributed by atoms with E-state index in [2.05, 4.69) is 9.72 Å². The molecule has 0 aliphatic rings.